The third-order valence-corrected chi connectivity index (χ3v) is 4.06. The van der Waals surface area contributed by atoms with Crippen LogP contribution in [0, 0.1) is 0 Å². The van der Waals surface area contributed by atoms with E-state index in [2.05, 4.69) is 20.3 Å². The molecule has 2 aromatic heterocycles. The summed E-state index contributed by atoms with van der Waals surface area (Å²) in [5.74, 6) is 2.13. The molecule has 0 spiro atoms. The van der Waals surface area contributed by atoms with Crippen LogP contribution >= 0.6 is 0 Å². The molecule has 0 saturated heterocycles. The lowest BCUT2D eigenvalue weighted by molar-refractivity contribution is -0.145. The second kappa shape index (κ2) is 8.85. The highest BCUT2D eigenvalue weighted by Gasteiger charge is 2.21. The predicted octanol–water partition coefficient (Wildman–Crippen LogP) is 3.49. The summed E-state index contributed by atoms with van der Waals surface area (Å²) in [5, 5.41) is 7.86. The van der Waals surface area contributed by atoms with Gasteiger partial charge >= 0.3 is 5.97 Å². The molecule has 0 fully saturated rings. The van der Waals surface area contributed by atoms with Gasteiger partial charge in [0.25, 0.3) is 5.89 Å². The molecular weight excluding hydrogens is 376 g/mol. The summed E-state index contributed by atoms with van der Waals surface area (Å²) in [7, 11) is 1.59. The molecule has 0 aliphatic rings. The van der Waals surface area contributed by atoms with Crippen LogP contribution < -0.4 is 4.74 Å². The Bertz CT molecular complexity index is 958. The number of carbonyl (C=O) groups is 1. The molecule has 3 aromatic rings. The Labute approximate surface area is 168 Å². The van der Waals surface area contributed by atoms with E-state index in [1.807, 2.05) is 39.0 Å². The van der Waals surface area contributed by atoms with Crippen molar-refractivity contribution < 1.29 is 23.3 Å². The molecule has 0 aliphatic heterocycles. The van der Waals surface area contributed by atoms with Gasteiger partial charge in [-0.1, -0.05) is 43.2 Å². The molecule has 0 amide bonds. The van der Waals surface area contributed by atoms with Crippen molar-refractivity contribution in [2.75, 3.05) is 7.11 Å². The zero-order valence-electron chi connectivity index (χ0n) is 17.0. The fraction of sp³-hybridized carbons (Fsp3) is 0.450. The minimum absolute atomic E-state index is 0.0788. The monoisotopic (exact) mass is 400 g/mol. The fourth-order valence-electron chi connectivity index (χ4n) is 2.45. The first-order chi connectivity index (χ1) is 13.8. The van der Waals surface area contributed by atoms with Crippen molar-refractivity contribution in [2.24, 2.45) is 0 Å². The van der Waals surface area contributed by atoms with Gasteiger partial charge in [0.1, 0.15) is 5.75 Å². The van der Waals surface area contributed by atoms with Gasteiger partial charge < -0.3 is 18.5 Å². The maximum atomic E-state index is 11.9. The zero-order chi connectivity index (χ0) is 20.9. The largest absolute Gasteiger partial charge is 0.497 e. The van der Waals surface area contributed by atoms with Crippen LogP contribution in [0.15, 0.2) is 33.3 Å². The van der Waals surface area contributed by atoms with Crippen LogP contribution in [0.5, 0.6) is 5.75 Å². The van der Waals surface area contributed by atoms with Crippen LogP contribution in [0.1, 0.15) is 51.2 Å². The Balaban J connectivity index is 1.44. The summed E-state index contributed by atoms with van der Waals surface area (Å²) in [6.07, 6.45) is 1.28. The number of ether oxygens (including phenoxy) is 2. The van der Waals surface area contributed by atoms with E-state index in [0.717, 1.165) is 5.56 Å². The average Bonchev–Trinajstić information content (AvgIpc) is 3.36. The maximum Gasteiger partial charge on any atom is 0.306 e. The fourth-order valence-corrected chi connectivity index (χ4v) is 2.45. The number of hydrogen-bond acceptors (Lipinski definition) is 9. The lowest BCUT2D eigenvalue weighted by Gasteiger charge is -2.10. The van der Waals surface area contributed by atoms with Crippen LogP contribution in [-0.2, 0) is 28.0 Å². The van der Waals surface area contributed by atoms with Crippen molar-refractivity contribution in [3.63, 3.8) is 0 Å². The van der Waals surface area contributed by atoms with Gasteiger partial charge in [0.15, 0.2) is 12.4 Å². The number of benzene rings is 1. The molecule has 1 aromatic carbocycles. The Morgan fingerprint density at radius 3 is 2.62 bits per heavy atom. The van der Waals surface area contributed by atoms with E-state index < -0.39 is 0 Å². The molecule has 0 radical (unpaired) electrons. The number of esters is 1. The Hall–Kier alpha value is -3.23. The average molecular weight is 400 g/mol. The molecule has 0 bridgehead atoms. The van der Waals surface area contributed by atoms with Gasteiger partial charge in [0, 0.05) is 23.8 Å². The third-order valence-electron chi connectivity index (χ3n) is 4.06. The molecule has 0 unspecified atom stereocenters. The lowest BCUT2D eigenvalue weighted by Crippen LogP contribution is -2.13. The van der Waals surface area contributed by atoms with Crippen molar-refractivity contribution in [1.82, 2.24) is 20.3 Å². The second-order valence-electron chi connectivity index (χ2n) is 7.52. The van der Waals surface area contributed by atoms with E-state index in [1.54, 1.807) is 13.2 Å². The van der Waals surface area contributed by atoms with Gasteiger partial charge in [0.2, 0.25) is 11.7 Å². The minimum atomic E-state index is -0.360. The Kier molecular flexibility index (Phi) is 6.26. The number of rotatable bonds is 8. The van der Waals surface area contributed by atoms with Crippen molar-refractivity contribution in [1.29, 1.82) is 0 Å². The zero-order valence-corrected chi connectivity index (χ0v) is 17.0. The first-order valence-electron chi connectivity index (χ1n) is 9.31. The molecule has 9 nitrogen and oxygen atoms in total. The van der Waals surface area contributed by atoms with E-state index >= 15 is 0 Å². The standard InChI is InChI=1S/C20H24N4O5/c1-20(2,3)19-22-15(28-24-19)9-6-10-17(25)27-12-16-21-18(23-29-16)13-7-5-8-14(11-13)26-4/h5,7-8,11H,6,9-10,12H2,1-4H3. The topological polar surface area (TPSA) is 113 Å². The third kappa shape index (κ3) is 5.63. The maximum absolute atomic E-state index is 11.9. The summed E-state index contributed by atoms with van der Waals surface area (Å²) in [6.45, 7) is 5.95. The van der Waals surface area contributed by atoms with Crippen LogP contribution in [0.25, 0.3) is 11.4 Å². The van der Waals surface area contributed by atoms with Gasteiger partial charge in [-0.05, 0) is 18.6 Å². The lowest BCUT2D eigenvalue weighted by atomic mass is 9.96. The SMILES string of the molecule is COc1cccc(-c2noc(COC(=O)CCCc3nc(C(C)(C)C)no3)n2)c1. The highest BCUT2D eigenvalue weighted by atomic mass is 16.6. The van der Waals surface area contributed by atoms with E-state index in [-0.39, 0.29) is 30.3 Å². The number of aryl methyl sites for hydroxylation is 1. The first kappa shape index (κ1) is 20.5. The summed E-state index contributed by atoms with van der Waals surface area (Å²) >= 11 is 0. The highest BCUT2D eigenvalue weighted by molar-refractivity contribution is 5.69. The summed E-state index contributed by atoms with van der Waals surface area (Å²) < 4.78 is 20.7. The normalized spacial score (nSPS) is 11.4. The van der Waals surface area contributed by atoms with Gasteiger partial charge in [-0.25, -0.2) is 0 Å². The number of nitrogens with zero attached hydrogens (tertiary/aromatic N) is 4. The van der Waals surface area contributed by atoms with Crippen molar-refractivity contribution >= 4 is 5.97 Å². The minimum Gasteiger partial charge on any atom is -0.497 e. The van der Waals surface area contributed by atoms with Gasteiger partial charge in [0.05, 0.1) is 7.11 Å². The number of methoxy groups -OCH3 is 1. The van der Waals surface area contributed by atoms with Crippen molar-refractivity contribution in [2.45, 2.75) is 52.1 Å². The van der Waals surface area contributed by atoms with Crippen LogP contribution in [0.4, 0.5) is 0 Å². The summed E-state index contributed by atoms with van der Waals surface area (Å²) in [4.78, 5) is 20.5. The molecule has 0 N–H and O–H groups in total. The predicted molar refractivity (Wildman–Crippen MR) is 102 cm³/mol. The molecule has 0 saturated carbocycles. The Morgan fingerprint density at radius 1 is 1.10 bits per heavy atom. The molecule has 9 heteroatoms. The van der Waals surface area contributed by atoms with E-state index in [0.29, 0.717) is 36.1 Å². The van der Waals surface area contributed by atoms with Crippen LogP contribution in [0.3, 0.4) is 0 Å². The van der Waals surface area contributed by atoms with E-state index in [4.69, 9.17) is 18.5 Å². The summed E-state index contributed by atoms with van der Waals surface area (Å²) in [6, 6.07) is 7.29. The quantitative estimate of drug-likeness (QED) is 0.524. The van der Waals surface area contributed by atoms with Crippen molar-refractivity contribution in [3.05, 3.63) is 41.9 Å². The van der Waals surface area contributed by atoms with Gasteiger partial charge in [-0.3, -0.25) is 4.79 Å². The second-order valence-corrected chi connectivity index (χ2v) is 7.52. The number of aromatic nitrogens is 4. The van der Waals surface area contributed by atoms with Gasteiger partial charge in [-0.15, -0.1) is 0 Å². The molecular formula is C20H24N4O5. The van der Waals surface area contributed by atoms with Crippen molar-refractivity contribution in [3.8, 4) is 17.1 Å². The van der Waals surface area contributed by atoms with E-state index in [9.17, 15) is 4.79 Å². The molecule has 2 heterocycles. The smallest absolute Gasteiger partial charge is 0.306 e. The molecule has 0 aliphatic carbocycles. The number of hydrogen-bond donors (Lipinski definition) is 0. The molecule has 0 atom stereocenters. The highest BCUT2D eigenvalue weighted by Crippen LogP contribution is 2.21. The summed E-state index contributed by atoms with van der Waals surface area (Å²) in [5.41, 5.74) is 0.578. The Morgan fingerprint density at radius 2 is 1.90 bits per heavy atom. The van der Waals surface area contributed by atoms with E-state index in [1.165, 1.54) is 0 Å². The number of carbonyl (C=O) groups excluding carboxylic acids is 1. The van der Waals surface area contributed by atoms with Crippen LogP contribution in [-0.4, -0.2) is 33.4 Å². The first-order valence-corrected chi connectivity index (χ1v) is 9.31. The molecule has 3 rings (SSSR count). The van der Waals surface area contributed by atoms with Gasteiger partial charge in [-0.2, -0.15) is 9.97 Å². The van der Waals surface area contributed by atoms with Crippen LogP contribution in [0.2, 0.25) is 0 Å². The molecule has 154 valence electrons. The molecule has 29 heavy (non-hydrogen) atoms.